The van der Waals surface area contributed by atoms with E-state index in [1.54, 1.807) is 24.3 Å². The lowest BCUT2D eigenvalue weighted by Gasteiger charge is -2.35. The van der Waals surface area contributed by atoms with Gasteiger partial charge in [-0.15, -0.1) is 0 Å². The zero-order chi connectivity index (χ0) is 23.7. The van der Waals surface area contributed by atoms with Gasteiger partial charge in [-0.05, 0) is 62.1 Å². The molecular weight excluding hydrogens is 485 g/mol. The van der Waals surface area contributed by atoms with E-state index in [9.17, 15) is 14.4 Å². The summed E-state index contributed by atoms with van der Waals surface area (Å²) in [5.41, 5.74) is 1.13. The summed E-state index contributed by atoms with van der Waals surface area (Å²) in [5.74, 6) is -1.37. The zero-order valence-corrected chi connectivity index (χ0v) is 20.2. The average Bonchev–Trinajstić information content (AvgIpc) is 3.01. The fourth-order valence-corrected chi connectivity index (χ4v) is 4.97. The first kappa shape index (κ1) is 23.6. The number of imide groups is 1. The number of amides is 3. The third-order valence-electron chi connectivity index (χ3n) is 5.87. The van der Waals surface area contributed by atoms with Crippen molar-refractivity contribution < 1.29 is 14.4 Å². The number of likely N-dealkylation sites (tertiary alicyclic amines) is 1. The molecule has 0 bridgehead atoms. The normalized spacial score (nSPS) is 18.8. The number of carbonyl (C=O) groups excluding carboxylic acids is 3. The van der Waals surface area contributed by atoms with Crippen molar-refractivity contribution in [1.29, 1.82) is 0 Å². The number of nitrogens with zero attached hydrogens (tertiary/aromatic N) is 2. The zero-order valence-electron chi connectivity index (χ0n) is 17.9. The van der Waals surface area contributed by atoms with Crippen molar-refractivity contribution in [2.75, 3.05) is 16.8 Å². The van der Waals surface area contributed by atoms with Crippen molar-refractivity contribution in [3.05, 3.63) is 68.8 Å². The van der Waals surface area contributed by atoms with Crippen LogP contribution < -0.4 is 10.2 Å². The molecule has 0 radical (unpaired) electrons. The van der Waals surface area contributed by atoms with Gasteiger partial charge in [-0.3, -0.25) is 14.4 Å². The molecule has 2 aromatic carbocycles. The molecule has 2 aliphatic heterocycles. The second kappa shape index (κ2) is 9.75. The Morgan fingerprint density at radius 2 is 1.76 bits per heavy atom. The third-order valence-corrected chi connectivity index (χ3v) is 6.66. The van der Waals surface area contributed by atoms with E-state index in [1.165, 1.54) is 18.2 Å². The van der Waals surface area contributed by atoms with Gasteiger partial charge in [-0.25, -0.2) is 4.90 Å². The van der Waals surface area contributed by atoms with Gasteiger partial charge in [-0.1, -0.05) is 47.8 Å². The molecule has 3 amide bonds. The number of halogens is 3. The van der Waals surface area contributed by atoms with Gasteiger partial charge in [0.15, 0.2) is 0 Å². The Hall–Kier alpha value is -2.54. The predicted molar refractivity (Wildman–Crippen MR) is 131 cm³/mol. The molecule has 2 aromatic rings. The van der Waals surface area contributed by atoms with Crippen molar-refractivity contribution in [2.45, 2.75) is 38.6 Å². The molecule has 0 saturated carbocycles. The lowest BCUT2D eigenvalue weighted by Crippen LogP contribution is -2.43. The van der Waals surface area contributed by atoms with Crippen LogP contribution in [0.25, 0.3) is 0 Å². The standard InChI is InChI=1S/C24H22Cl3N3O3/c1-2-18-8-3-4-9-29(18)22(31)14-6-5-7-17(10-14)28-21-20(27)23(32)30(24(21)33)19-12-15(25)11-16(26)13-19/h5-7,10-13,18,28H,2-4,8-9H2,1H3. The second-order valence-corrected chi connectivity index (χ2v) is 9.28. The number of carbonyl (C=O) groups is 3. The van der Waals surface area contributed by atoms with Crippen LogP contribution in [-0.2, 0) is 9.59 Å². The average molecular weight is 507 g/mol. The lowest BCUT2D eigenvalue weighted by molar-refractivity contribution is -0.120. The van der Waals surface area contributed by atoms with Gasteiger partial charge in [-0.2, -0.15) is 0 Å². The Morgan fingerprint density at radius 3 is 2.45 bits per heavy atom. The highest BCUT2D eigenvalue weighted by Gasteiger charge is 2.39. The summed E-state index contributed by atoms with van der Waals surface area (Å²) in [6, 6.07) is 11.5. The molecule has 1 fully saturated rings. The number of benzene rings is 2. The van der Waals surface area contributed by atoms with Gasteiger partial charge in [0.2, 0.25) is 0 Å². The molecule has 6 nitrogen and oxygen atoms in total. The van der Waals surface area contributed by atoms with Crippen LogP contribution in [-0.4, -0.2) is 35.2 Å². The molecule has 0 spiro atoms. The van der Waals surface area contributed by atoms with Gasteiger partial charge in [0.05, 0.1) is 5.69 Å². The molecular formula is C24H22Cl3N3O3. The van der Waals surface area contributed by atoms with Crippen molar-refractivity contribution in [3.8, 4) is 0 Å². The maximum atomic E-state index is 13.1. The van der Waals surface area contributed by atoms with Gasteiger partial charge >= 0.3 is 0 Å². The summed E-state index contributed by atoms with van der Waals surface area (Å²) < 4.78 is 0. The van der Waals surface area contributed by atoms with E-state index >= 15 is 0 Å². The molecule has 2 aliphatic rings. The van der Waals surface area contributed by atoms with Crippen LogP contribution in [0.5, 0.6) is 0 Å². The van der Waals surface area contributed by atoms with Crippen LogP contribution in [0, 0.1) is 0 Å². The molecule has 2 heterocycles. The quantitative estimate of drug-likeness (QED) is 0.518. The number of nitrogens with one attached hydrogen (secondary N) is 1. The minimum absolute atomic E-state index is 0.0469. The Balaban J connectivity index is 1.57. The van der Waals surface area contributed by atoms with E-state index in [2.05, 4.69) is 12.2 Å². The largest absolute Gasteiger partial charge is 0.350 e. The highest BCUT2D eigenvalue weighted by atomic mass is 35.5. The van der Waals surface area contributed by atoms with E-state index < -0.39 is 11.8 Å². The molecule has 172 valence electrons. The molecule has 1 saturated heterocycles. The second-order valence-electron chi connectivity index (χ2n) is 8.02. The first-order chi connectivity index (χ1) is 15.8. The van der Waals surface area contributed by atoms with Crippen LogP contribution in [0.4, 0.5) is 11.4 Å². The van der Waals surface area contributed by atoms with Gasteiger partial charge in [0.1, 0.15) is 10.7 Å². The lowest BCUT2D eigenvalue weighted by atomic mass is 9.99. The number of hydrogen-bond donors (Lipinski definition) is 1. The SMILES string of the molecule is CCC1CCCCN1C(=O)c1cccc(NC2=C(Cl)C(=O)N(c3cc(Cl)cc(Cl)c3)C2=O)c1. The maximum Gasteiger partial charge on any atom is 0.283 e. The van der Waals surface area contributed by atoms with E-state index in [0.29, 0.717) is 11.3 Å². The Labute approximate surface area is 207 Å². The molecule has 1 unspecified atom stereocenters. The van der Waals surface area contributed by atoms with E-state index in [-0.39, 0.29) is 38.4 Å². The monoisotopic (exact) mass is 505 g/mol. The number of anilines is 2. The first-order valence-corrected chi connectivity index (χ1v) is 11.9. The number of hydrogen-bond acceptors (Lipinski definition) is 4. The van der Waals surface area contributed by atoms with E-state index in [0.717, 1.165) is 37.1 Å². The minimum Gasteiger partial charge on any atom is -0.350 e. The summed E-state index contributed by atoms with van der Waals surface area (Å²) >= 11 is 18.3. The Morgan fingerprint density at radius 1 is 1.03 bits per heavy atom. The highest BCUT2D eigenvalue weighted by molar-refractivity contribution is 6.53. The van der Waals surface area contributed by atoms with Crippen molar-refractivity contribution in [2.24, 2.45) is 0 Å². The van der Waals surface area contributed by atoms with Gasteiger partial charge in [0.25, 0.3) is 17.7 Å². The third kappa shape index (κ3) is 4.74. The number of piperidine rings is 1. The fourth-order valence-electron chi connectivity index (χ4n) is 4.25. The topological polar surface area (TPSA) is 69.7 Å². The molecule has 33 heavy (non-hydrogen) atoms. The van der Waals surface area contributed by atoms with Crippen LogP contribution in [0.3, 0.4) is 0 Å². The number of rotatable bonds is 5. The van der Waals surface area contributed by atoms with Crippen molar-refractivity contribution >= 4 is 63.9 Å². The molecule has 4 rings (SSSR count). The summed E-state index contributed by atoms with van der Waals surface area (Å²) in [6.45, 7) is 2.82. The molecule has 1 atom stereocenters. The molecule has 9 heteroatoms. The summed E-state index contributed by atoms with van der Waals surface area (Å²) in [7, 11) is 0. The smallest absolute Gasteiger partial charge is 0.283 e. The minimum atomic E-state index is -0.686. The van der Waals surface area contributed by atoms with E-state index in [4.69, 9.17) is 34.8 Å². The van der Waals surface area contributed by atoms with Crippen LogP contribution >= 0.6 is 34.8 Å². The van der Waals surface area contributed by atoms with Crippen LogP contribution in [0.15, 0.2) is 53.2 Å². The van der Waals surface area contributed by atoms with E-state index in [1.807, 2.05) is 4.90 Å². The van der Waals surface area contributed by atoms with Gasteiger partial charge < -0.3 is 10.2 Å². The van der Waals surface area contributed by atoms with Gasteiger partial charge in [0, 0.05) is 33.9 Å². The fraction of sp³-hybridized carbons (Fsp3) is 0.292. The van der Waals surface area contributed by atoms with Crippen molar-refractivity contribution in [1.82, 2.24) is 4.90 Å². The summed E-state index contributed by atoms with van der Waals surface area (Å²) in [4.78, 5) is 41.7. The highest BCUT2D eigenvalue weighted by Crippen LogP contribution is 2.33. The van der Waals surface area contributed by atoms with Crippen LogP contribution in [0.1, 0.15) is 43.0 Å². The predicted octanol–water partition coefficient (Wildman–Crippen LogP) is 5.83. The maximum absolute atomic E-state index is 13.1. The van der Waals surface area contributed by atoms with Crippen LogP contribution in [0.2, 0.25) is 10.0 Å². The summed E-state index contributed by atoms with van der Waals surface area (Å²) in [6.07, 6.45) is 4.03. The molecule has 1 N–H and O–H groups in total. The summed E-state index contributed by atoms with van der Waals surface area (Å²) in [5, 5.41) is 3.23. The Bertz CT molecular complexity index is 1140. The molecule has 0 aliphatic carbocycles. The Kier molecular flexibility index (Phi) is 6.98. The molecule has 0 aromatic heterocycles. The first-order valence-electron chi connectivity index (χ1n) is 10.7. The van der Waals surface area contributed by atoms with Crippen molar-refractivity contribution in [3.63, 3.8) is 0 Å².